The molecule has 0 aromatic heterocycles. The van der Waals surface area contributed by atoms with E-state index < -0.39 is 11.7 Å². The van der Waals surface area contributed by atoms with E-state index in [1.807, 2.05) is 0 Å². The summed E-state index contributed by atoms with van der Waals surface area (Å²) in [4.78, 5) is 13.5. The Morgan fingerprint density at radius 1 is 1.32 bits per heavy atom. The van der Waals surface area contributed by atoms with Crippen molar-refractivity contribution < 1.29 is 18.0 Å². The Kier molecular flexibility index (Phi) is 4.04. The molecule has 6 heteroatoms. The second-order valence-corrected chi connectivity index (χ2v) is 5.21. The first-order valence-electron chi connectivity index (χ1n) is 5.94. The van der Waals surface area contributed by atoms with Gasteiger partial charge in [-0.1, -0.05) is 12.1 Å². The molecule has 0 bridgehead atoms. The third kappa shape index (κ3) is 3.62. The van der Waals surface area contributed by atoms with Crippen LogP contribution in [0.4, 0.5) is 13.2 Å². The Hall–Kier alpha value is -1.23. The smallest absolute Gasteiger partial charge is 0.341 e. The lowest BCUT2D eigenvalue weighted by atomic mass is 10.1. The first-order chi connectivity index (χ1) is 8.86. The molecule has 1 heterocycles. The minimum Gasteiger partial charge on any atom is -0.341 e. The summed E-state index contributed by atoms with van der Waals surface area (Å²) in [7, 11) is 0. The minimum atomic E-state index is -4.34. The lowest BCUT2D eigenvalue weighted by molar-refractivity contribution is -0.137. The monoisotopic (exact) mass is 291 g/mol. The number of benzene rings is 1. The summed E-state index contributed by atoms with van der Waals surface area (Å²) < 4.78 is 37.1. The molecule has 1 unspecified atom stereocenters. The van der Waals surface area contributed by atoms with Crippen LogP contribution in [-0.4, -0.2) is 29.3 Å². The lowest BCUT2D eigenvalue weighted by Crippen LogP contribution is -2.30. The van der Waals surface area contributed by atoms with Crippen LogP contribution in [0.25, 0.3) is 0 Å². The van der Waals surface area contributed by atoms with Gasteiger partial charge in [0.25, 0.3) is 0 Å². The number of halogens is 4. The molecule has 1 atom stereocenters. The van der Waals surface area contributed by atoms with Crippen LogP contribution in [0.2, 0.25) is 0 Å². The van der Waals surface area contributed by atoms with Gasteiger partial charge in [-0.25, -0.2) is 0 Å². The van der Waals surface area contributed by atoms with E-state index in [9.17, 15) is 18.0 Å². The molecule has 0 spiro atoms. The van der Waals surface area contributed by atoms with Crippen molar-refractivity contribution in [3.8, 4) is 0 Å². The van der Waals surface area contributed by atoms with E-state index in [0.29, 0.717) is 18.7 Å². The zero-order valence-electron chi connectivity index (χ0n) is 10.1. The highest BCUT2D eigenvalue weighted by Crippen LogP contribution is 2.29. The van der Waals surface area contributed by atoms with E-state index in [1.165, 1.54) is 12.1 Å². The third-order valence-electron chi connectivity index (χ3n) is 3.12. The molecule has 1 fully saturated rings. The molecule has 1 amide bonds. The van der Waals surface area contributed by atoms with E-state index >= 15 is 0 Å². The molecule has 2 nitrogen and oxygen atoms in total. The average Bonchev–Trinajstić information content (AvgIpc) is 2.75. The number of carbonyl (C=O) groups excluding carboxylic acids is 1. The second-order valence-electron chi connectivity index (χ2n) is 4.60. The Labute approximate surface area is 114 Å². The van der Waals surface area contributed by atoms with Crippen LogP contribution < -0.4 is 0 Å². The van der Waals surface area contributed by atoms with Crippen molar-refractivity contribution >= 4 is 17.5 Å². The number of amides is 1. The lowest BCUT2D eigenvalue weighted by Gasteiger charge is -2.15. The maximum absolute atomic E-state index is 12.4. The van der Waals surface area contributed by atoms with Gasteiger partial charge in [-0.2, -0.15) is 13.2 Å². The van der Waals surface area contributed by atoms with Crippen molar-refractivity contribution in [3.63, 3.8) is 0 Å². The van der Waals surface area contributed by atoms with Crippen LogP contribution in [0.5, 0.6) is 0 Å². The van der Waals surface area contributed by atoms with E-state index in [-0.39, 0.29) is 17.7 Å². The quantitative estimate of drug-likeness (QED) is 0.767. The van der Waals surface area contributed by atoms with E-state index in [2.05, 4.69) is 0 Å². The normalized spacial score (nSPS) is 19.8. The minimum absolute atomic E-state index is 0.0171. The van der Waals surface area contributed by atoms with Crippen LogP contribution in [0.15, 0.2) is 24.3 Å². The molecule has 104 valence electrons. The molecule has 0 aliphatic carbocycles. The summed E-state index contributed by atoms with van der Waals surface area (Å²) in [5.74, 6) is -0.0945. The van der Waals surface area contributed by atoms with Gasteiger partial charge in [0.2, 0.25) is 5.91 Å². The van der Waals surface area contributed by atoms with Gasteiger partial charge in [0.05, 0.1) is 17.4 Å². The third-order valence-corrected chi connectivity index (χ3v) is 3.48. The standard InChI is InChI=1S/C13H13ClF3NO/c14-11-5-6-18(8-11)12(19)7-9-1-3-10(4-2-9)13(15,16)17/h1-4,11H,5-8H2. The van der Waals surface area contributed by atoms with Crippen LogP contribution in [0, 0.1) is 0 Å². The summed E-state index contributed by atoms with van der Waals surface area (Å²) in [6.07, 6.45) is -3.47. The number of rotatable bonds is 2. The molecular weight excluding hydrogens is 279 g/mol. The fourth-order valence-corrected chi connectivity index (χ4v) is 2.31. The average molecular weight is 292 g/mol. The fraction of sp³-hybridized carbons (Fsp3) is 0.462. The molecule has 2 rings (SSSR count). The summed E-state index contributed by atoms with van der Waals surface area (Å²) in [6, 6.07) is 4.68. The highest BCUT2D eigenvalue weighted by Gasteiger charge is 2.30. The Bertz CT molecular complexity index is 458. The predicted molar refractivity (Wildman–Crippen MR) is 66.0 cm³/mol. The van der Waals surface area contributed by atoms with Gasteiger partial charge >= 0.3 is 6.18 Å². The summed E-state index contributed by atoms with van der Waals surface area (Å²) >= 11 is 5.91. The molecule has 1 aromatic rings. The highest BCUT2D eigenvalue weighted by atomic mass is 35.5. The zero-order valence-corrected chi connectivity index (χ0v) is 10.8. The number of alkyl halides is 4. The highest BCUT2D eigenvalue weighted by molar-refractivity contribution is 6.21. The summed E-state index contributed by atoms with van der Waals surface area (Å²) in [5, 5.41) is -0.0171. The van der Waals surface area contributed by atoms with Crippen molar-refractivity contribution in [3.05, 3.63) is 35.4 Å². The maximum atomic E-state index is 12.4. The van der Waals surface area contributed by atoms with Crippen molar-refractivity contribution in [1.82, 2.24) is 4.90 Å². The molecular formula is C13H13ClF3NO. The molecule has 0 saturated carbocycles. The molecule has 19 heavy (non-hydrogen) atoms. The van der Waals surface area contributed by atoms with E-state index in [4.69, 9.17) is 11.6 Å². The maximum Gasteiger partial charge on any atom is 0.416 e. The van der Waals surface area contributed by atoms with E-state index in [0.717, 1.165) is 18.6 Å². The van der Waals surface area contributed by atoms with Crippen LogP contribution in [0.1, 0.15) is 17.5 Å². The number of carbonyl (C=O) groups is 1. The largest absolute Gasteiger partial charge is 0.416 e. The molecule has 1 aliphatic heterocycles. The van der Waals surface area contributed by atoms with Crippen molar-refractivity contribution in [2.75, 3.05) is 13.1 Å². The van der Waals surface area contributed by atoms with Crippen LogP contribution >= 0.6 is 11.6 Å². The Morgan fingerprint density at radius 3 is 2.42 bits per heavy atom. The predicted octanol–water partition coefficient (Wildman–Crippen LogP) is 3.09. The van der Waals surface area contributed by atoms with Crippen LogP contribution in [0.3, 0.4) is 0 Å². The van der Waals surface area contributed by atoms with Gasteiger partial charge in [0, 0.05) is 13.1 Å². The molecule has 0 N–H and O–H groups in total. The van der Waals surface area contributed by atoms with Gasteiger partial charge in [0.1, 0.15) is 0 Å². The number of nitrogens with zero attached hydrogens (tertiary/aromatic N) is 1. The van der Waals surface area contributed by atoms with Gasteiger partial charge in [0.15, 0.2) is 0 Å². The topological polar surface area (TPSA) is 20.3 Å². The molecule has 1 aliphatic rings. The van der Waals surface area contributed by atoms with Crippen LogP contribution in [-0.2, 0) is 17.4 Å². The summed E-state index contributed by atoms with van der Waals surface area (Å²) in [6.45, 7) is 1.13. The summed E-state index contributed by atoms with van der Waals surface area (Å²) in [5.41, 5.74) is -0.123. The number of hydrogen-bond acceptors (Lipinski definition) is 1. The number of hydrogen-bond donors (Lipinski definition) is 0. The second kappa shape index (κ2) is 5.41. The first-order valence-corrected chi connectivity index (χ1v) is 6.38. The van der Waals surface area contributed by atoms with Crippen molar-refractivity contribution in [2.45, 2.75) is 24.4 Å². The van der Waals surface area contributed by atoms with Crippen molar-refractivity contribution in [2.24, 2.45) is 0 Å². The zero-order chi connectivity index (χ0) is 14.0. The fourth-order valence-electron chi connectivity index (χ4n) is 2.04. The Balaban J connectivity index is 1.98. The SMILES string of the molecule is O=C(Cc1ccc(C(F)(F)F)cc1)N1CCC(Cl)C1. The molecule has 1 saturated heterocycles. The van der Waals surface area contributed by atoms with Gasteiger partial charge in [-0.3, -0.25) is 4.79 Å². The first kappa shape index (κ1) is 14.2. The molecule has 0 radical (unpaired) electrons. The van der Waals surface area contributed by atoms with Crippen molar-refractivity contribution in [1.29, 1.82) is 0 Å². The van der Waals surface area contributed by atoms with Gasteiger partial charge in [-0.15, -0.1) is 11.6 Å². The molecule has 1 aromatic carbocycles. The number of likely N-dealkylation sites (tertiary alicyclic amines) is 1. The van der Waals surface area contributed by atoms with Gasteiger partial charge < -0.3 is 4.90 Å². The Morgan fingerprint density at radius 2 is 1.95 bits per heavy atom. The van der Waals surface area contributed by atoms with Gasteiger partial charge in [-0.05, 0) is 24.1 Å². The van der Waals surface area contributed by atoms with E-state index in [1.54, 1.807) is 4.90 Å².